The molecular formula is C14H17NO2. The zero-order chi connectivity index (χ0) is 12.3. The molecule has 17 heavy (non-hydrogen) atoms. The zero-order valence-corrected chi connectivity index (χ0v) is 9.76. The van der Waals surface area contributed by atoms with Crippen LogP contribution in [0.3, 0.4) is 0 Å². The van der Waals surface area contributed by atoms with Gasteiger partial charge in [0.25, 0.3) is 0 Å². The summed E-state index contributed by atoms with van der Waals surface area (Å²) < 4.78 is 0. The second-order valence-electron chi connectivity index (χ2n) is 4.82. The van der Waals surface area contributed by atoms with Gasteiger partial charge in [-0.25, -0.2) is 0 Å². The third-order valence-electron chi connectivity index (χ3n) is 3.61. The van der Waals surface area contributed by atoms with Gasteiger partial charge < -0.3 is 10.2 Å². The number of benzene rings is 1. The predicted octanol–water partition coefficient (Wildman–Crippen LogP) is 2.69. The molecule has 3 nitrogen and oxygen atoms in total. The molecule has 3 heteroatoms. The maximum Gasteiger partial charge on any atom is 0.115 e. The highest BCUT2D eigenvalue weighted by molar-refractivity contribution is 5.33. The molecule has 0 unspecified atom stereocenters. The summed E-state index contributed by atoms with van der Waals surface area (Å²) in [5, 5.41) is 29.1. The quantitative estimate of drug-likeness (QED) is 0.822. The molecule has 0 saturated heterocycles. The lowest BCUT2D eigenvalue weighted by atomic mass is 9.73. The zero-order valence-electron chi connectivity index (χ0n) is 9.76. The van der Waals surface area contributed by atoms with Crippen molar-refractivity contribution in [2.75, 3.05) is 0 Å². The lowest BCUT2D eigenvalue weighted by molar-refractivity contribution is -0.00715. The van der Waals surface area contributed by atoms with Gasteiger partial charge in [-0.15, -0.1) is 0 Å². The molecule has 0 amide bonds. The van der Waals surface area contributed by atoms with E-state index < -0.39 is 11.5 Å². The lowest BCUT2D eigenvalue weighted by Gasteiger charge is -2.36. The molecule has 0 radical (unpaired) electrons. The maximum atomic E-state index is 10.6. The first kappa shape index (κ1) is 11.9. The molecule has 1 aromatic carbocycles. The molecule has 1 aliphatic rings. The van der Waals surface area contributed by atoms with Crippen molar-refractivity contribution >= 4 is 0 Å². The summed E-state index contributed by atoms with van der Waals surface area (Å²) in [5.74, 6) is -0.315. The van der Waals surface area contributed by atoms with E-state index in [0.717, 1.165) is 24.8 Å². The Hall–Kier alpha value is -1.53. The summed E-state index contributed by atoms with van der Waals surface area (Å²) in [6, 6.07) is 8.78. The molecule has 0 aromatic heterocycles. The first-order valence-electron chi connectivity index (χ1n) is 6.07. The van der Waals surface area contributed by atoms with Crippen LogP contribution in [0.4, 0.5) is 0 Å². The molecule has 0 heterocycles. The first-order valence-corrected chi connectivity index (χ1v) is 6.07. The van der Waals surface area contributed by atoms with Crippen LogP contribution in [0.2, 0.25) is 0 Å². The minimum absolute atomic E-state index is 0.182. The molecule has 1 atom stereocenters. The second-order valence-corrected chi connectivity index (χ2v) is 4.82. The van der Waals surface area contributed by atoms with Crippen LogP contribution in [-0.4, -0.2) is 15.8 Å². The number of aromatic hydroxyl groups is 1. The van der Waals surface area contributed by atoms with E-state index in [9.17, 15) is 15.5 Å². The van der Waals surface area contributed by atoms with E-state index in [1.54, 1.807) is 24.3 Å². The normalized spacial score (nSPS) is 20.5. The van der Waals surface area contributed by atoms with Gasteiger partial charge in [0.05, 0.1) is 17.6 Å². The molecule has 0 bridgehead atoms. The Morgan fingerprint density at radius 3 is 2.24 bits per heavy atom. The topological polar surface area (TPSA) is 64.2 Å². The fourth-order valence-corrected chi connectivity index (χ4v) is 2.62. The van der Waals surface area contributed by atoms with Crippen molar-refractivity contribution in [1.82, 2.24) is 0 Å². The fraction of sp³-hybridized carbons (Fsp3) is 0.500. The Balaban J connectivity index is 2.27. The van der Waals surface area contributed by atoms with Crippen LogP contribution in [0.25, 0.3) is 0 Å². The van der Waals surface area contributed by atoms with Gasteiger partial charge in [-0.3, -0.25) is 0 Å². The van der Waals surface area contributed by atoms with E-state index in [2.05, 4.69) is 6.07 Å². The van der Waals surface area contributed by atoms with Crippen LogP contribution < -0.4 is 0 Å². The summed E-state index contributed by atoms with van der Waals surface area (Å²) in [4.78, 5) is 0. The molecule has 90 valence electrons. The molecule has 0 spiro atoms. The Morgan fingerprint density at radius 1 is 1.12 bits per heavy atom. The van der Waals surface area contributed by atoms with E-state index in [-0.39, 0.29) is 5.75 Å². The van der Waals surface area contributed by atoms with E-state index >= 15 is 0 Å². The highest BCUT2D eigenvalue weighted by Crippen LogP contribution is 2.39. The number of rotatable bonds is 2. The summed E-state index contributed by atoms with van der Waals surface area (Å²) >= 11 is 0. The van der Waals surface area contributed by atoms with Gasteiger partial charge >= 0.3 is 0 Å². The van der Waals surface area contributed by atoms with Gasteiger partial charge in [0, 0.05) is 0 Å². The SMILES string of the molecule is N#C[C@H](c1ccc(O)cc1)C1(O)CCCCC1. The van der Waals surface area contributed by atoms with Gasteiger partial charge in [-0.1, -0.05) is 31.4 Å². The molecular weight excluding hydrogens is 214 g/mol. The smallest absolute Gasteiger partial charge is 0.115 e. The van der Waals surface area contributed by atoms with Crippen LogP contribution in [-0.2, 0) is 0 Å². The molecule has 1 aromatic rings. The van der Waals surface area contributed by atoms with Crippen LogP contribution in [0.5, 0.6) is 5.75 Å². The van der Waals surface area contributed by atoms with Crippen molar-refractivity contribution in [2.24, 2.45) is 0 Å². The summed E-state index contributed by atoms with van der Waals surface area (Å²) in [6.45, 7) is 0. The van der Waals surface area contributed by atoms with Crippen molar-refractivity contribution in [3.63, 3.8) is 0 Å². The number of hydrogen-bond donors (Lipinski definition) is 2. The van der Waals surface area contributed by atoms with Gasteiger partial charge in [-0.05, 0) is 30.5 Å². The maximum absolute atomic E-state index is 10.6. The average Bonchev–Trinajstić information content (AvgIpc) is 2.33. The standard InChI is InChI=1S/C14H17NO2/c15-10-13(11-4-6-12(16)7-5-11)14(17)8-2-1-3-9-14/h4-7,13,16-17H,1-3,8-9H2/t13-/m1/s1. The van der Waals surface area contributed by atoms with Crippen LogP contribution in [0.1, 0.15) is 43.6 Å². The van der Waals surface area contributed by atoms with E-state index in [4.69, 9.17) is 0 Å². The first-order chi connectivity index (χ1) is 8.15. The van der Waals surface area contributed by atoms with Crippen LogP contribution in [0.15, 0.2) is 24.3 Å². The predicted molar refractivity (Wildman–Crippen MR) is 64.5 cm³/mol. The van der Waals surface area contributed by atoms with Crippen molar-refractivity contribution < 1.29 is 10.2 Å². The Kier molecular flexibility index (Phi) is 3.35. The van der Waals surface area contributed by atoms with Crippen molar-refractivity contribution in [3.05, 3.63) is 29.8 Å². The lowest BCUT2D eigenvalue weighted by Crippen LogP contribution is -2.37. The third-order valence-corrected chi connectivity index (χ3v) is 3.61. The van der Waals surface area contributed by atoms with Gasteiger partial charge in [-0.2, -0.15) is 5.26 Å². The van der Waals surface area contributed by atoms with E-state index in [1.165, 1.54) is 0 Å². The largest absolute Gasteiger partial charge is 0.508 e. The minimum atomic E-state index is -0.899. The second kappa shape index (κ2) is 4.77. The van der Waals surface area contributed by atoms with Gasteiger partial charge in [0.15, 0.2) is 0 Å². The van der Waals surface area contributed by atoms with Gasteiger partial charge in [0.1, 0.15) is 5.75 Å². The Morgan fingerprint density at radius 2 is 1.71 bits per heavy atom. The highest BCUT2D eigenvalue weighted by atomic mass is 16.3. The van der Waals surface area contributed by atoms with Crippen LogP contribution in [0, 0.1) is 11.3 Å². The molecule has 1 fully saturated rings. The van der Waals surface area contributed by atoms with Crippen molar-refractivity contribution in [1.29, 1.82) is 5.26 Å². The summed E-state index contributed by atoms with van der Waals surface area (Å²) in [5.41, 5.74) is -0.112. The third kappa shape index (κ3) is 2.42. The number of phenolic OH excluding ortho intramolecular Hbond substituents is 1. The molecule has 1 saturated carbocycles. The number of hydrogen-bond acceptors (Lipinski definition) is 3. The van der Waals surface area contributed by atoms with Crippen molar-refractivity contribution in [3.8, 4) is 11.8 Å². The molecule has 2 N–H and O–H groups in total. The van der Waals surface area contributed by atoms with Gasteiger partial charge in [0.2, 0.25) is 0 Å². The molecule has 1 aliphatic carbocycles. The van der Waals surface area contributed by atoms with Crippen molar-refractivity contribution in [2.45, 2.75) is 43.6 Å². The Bertz CT molecular complexity index is 413. The summed E-state index contributed by atoms with van der Waals surface area (Å²) in [6.07, 6.45) is 4.47. The summed E-state index contributed by atoms with van der Waals surface area (Å²) in [7, 11) is 0. The van der Waals surface area contributed by atoms with E-state index in [1.807, 2.05) is 0 Å². The average molecular weight is 231 g/mol. The number of nitriles is 1. The minimum Gasteiger partial charge on any atom is -0.508 e. The fourth-order valence-electron chi connectivity index (χ4n) is 2.62. The van der Waals surface area contributed by atoms with Crippen LogP contribution >= 0.6 is 0 Å². The molecule has 0 aliphatic heterocycles. The number of aliphatic hydroxyl groups is 1. The monoisotopic (exact) mass is 231 g/mol. The Labute approximate surface area is 101 Å². The number of phenols is 1. The number of nitrogens with zero attached hydrogens (tertiary/aromatic N) is 1. The van der Waals surface area contributed by atoms with E-state index in [0.29, 0.717) is 12.8 Å². The molecule has 2 rings (SSSR count). The highest BCUT2D eigenvalue weighted by Gasteiger charge is 2.38.